The van der Waals surface area contributed by atoms with E-state index in [4.69, 9.17) is 0 Å². The molecule has 3 unspecified atom stereocenters. The molecular weight excluding hydrogens is 236 g/mol. The van der Waals surface area contributed by atoms with E-state index in [9.17, 15) is 4.79 Å². The Morgan fingerprint density at radius 2 is 1.74 bits per heavy atom. The van der Waals surface area contributed by atoms with Crippen LogP contribution in [0.3, 0.4) is 0 Å². The lowest BCUT2D eigenvalue weighted by Crippen LogP contribution is -2.41. The first kappa shape index (κ1) is 16.5. The number of carbonyl (C=O) groups excluding carboxylic acids is 1. The molecule has 1 aliphatic heterocycles. The molecule has 1 aliphatic rings. The predicted molar refractivity (Wildman–Crippen MR) is 80.8 cm³/mol. The van der Waals surface area contributed by atoms with Crippen LogP contribution in [0.25, 0.3) is 0 Å². The summed E-state index contributed by atoms with van der Waals surface area (Å²) in [5.41, 5.74) is 0. The minimum Gasteiger partial charge on any atom is -0.323 e. The number of carbonyl (C=O) groups is 1. The number of rotatable bonds is 7. The van der Waals surface area contributed by atoms with E-state index in [0.29, 0.717) is 17.9 Å². The monoisotopic (exact) mass is 268 g/mol. The number of nitrogens with zero attached hydrogens (tertiary/aromatic N) is 1. The molecule has 0 aromatic heterocycles. The largest absolute Gasteiger partial charge is 0.323 e. The molecule has 1 heterocycles. The maximum Gasteiger partial charge on any atom is 0.241 e. The van der Waals surface area contributed by atoms with Gasteiger partial charge in [-0.2, -0.15) is 0 Å². The number of hydrogen-bond donors (Lipinski definition) is 1. The molecule has 0 aromatic rings. The van der Waals surface area contributed by atoms with Crippen molar-refractivity contribution in [3.8, 4) is 0 Å². The third-order valence-corrected chi connectivity index (χ3v) is 4.00. The van der Waals surface area contributed by atoms with Gasteiger partial charge in [-0.3, -0.25) is 10.1 Å². The van der Waals surface area contributed by atoms with Crippen LogP contribution in [0.2, 0.25) is 0 Å². The summed E-state index contributed by atoms with van der Waals surface area (Å²) in [6.45, 7) is 13.2. The summed E-state index contributed by atoms with van der Waals surface area (Å²) in [4.78, 5) is 14.5. The molecule has 0 aromatic carbocycles. The van der Waals surface area contributed by atoms with Gasteiger partial charge in [0.1, 0.15) is 0 Å². The van der Waals surface area contributed by atoms with Crippen molar-refractivity contribution in [3.63, 3.8) is 0 Å². The summed E-state index contributed by atoms with van der Waals surface area (Å²) in [5.74, 6) is 1.62. The Balaban J connectivity index is 2.50. The van der Waals surface area contributed by atoms with Gasteiger partial charge in [0.2, 0.25) is 5.91 Å². The number of nitrogens with one attached hydrogen (secondary N) is 1. The van der Waals surface area contributed by atoms with Gasteiger partial charge in [0, 0.05) is 6.04 Å². The second-order valence-corrected chi connectivity index (χ2v) is 6.94. The van der Waals surface area contributed by atoms with E-state index in [1.165, 1.54) is 12.8 Å². The van der Waals surface area contributed by atoms with Gasteiger partial charge >= 0.3 is 0 Å². The van der Waals surface area contributed by atoms with Gasteiger partial charge in [-0.1, -0.05) is 40.5 Å². The van der Waals surface area contributed by atoms with Crippen LogP contribution in [0.5, 0.6) is 0 Å². The summed E-state index contributed by atoms with van der Waals surface area (Å²) in [6, 6.07) is 0.383. The molecule has 19 heavy (non-hydrogen) atoms. The summed E-state index contributed by atoms with van der Waals surface area (Å²) in [6.07, 6.45) is 4.71. The van der Waals surface area contributed by atoms with Crippen LogP contribution in [-0.2, 0) is 4.79 Å². The molecule has 1 rings (SSSR count). The van der Waals surface area contributed by atoms with Crippen LogP contribution in [0, 0.1) is 11.8 Å². The van der Waals surface area contributed by atoms with E-state index in [2.05, 4.69) is 51.8 Å². The zero-order chi connectivity index (χ0) is 14.6. The molecule has 1 N–H and O–H groups in total. The van der Waals surface area contributed by atoms with Crippen LogP contribution in [0.4, 0.5) is 0 Å². The summed E-state index contributed by atoms with van der Waals surface area (Å²) >= 11 is 0. The molecule has 3 atom stereocenters. The summed E-state index contributed by atoms with van der Waals surface area (Å²) in [7, 11) is 0. The van der Waals surface area contributed by atoms with Crippen molar-refractivity contribution in [3.05, 3.63) is 0 Å². The van der Waals surface area contributed by atoms with Crippen molar-refractivity contribution in [2.24, 2.45) is 11.8 Å². The maximum atomic E-state index is 12.5. The van der Waals surface area contributed by atoms with Gasteiger partial charge < -0.3 is 4.90 Å². The molecule has 0 saturated carbocycles. The normalized spacial score (nSPS) is 25.7. The van der Waals surface area contributed by atoms with Crippen LogP contribution < -0.4 is 5.32 Å². The number of hydrogen-bond acceptors (Lipinski definition) is 2. The highest BCUT2D eigenvalue weighted by atomic mass is 16.2. The van der Waals surface area contributed by atoms with Gasteiger partial charge in [0.05, 0.1) is 12.2 Å². The third-order valence-electron chi connectivity index (χ3n) is 4.00. The van der Waals surface area contributed by atoms with E-state index in [0.717, 1.165) is 18.8 Å². The lowest BCUT2D eigenvalue weighted by molar-refractivity contribution is -0.132. The second kappa shape index (κ2) is 7.28. The first-order valence-electron chi connectivity index (χ1n) is 7.91. The van der Waals surface area contributed by atoms with Gasteiger partial charge in [0.25, 0.3) is 0 Å². The van der Waals surface area contributed by atoms with E-state index in [-0.39, 0.29) is 12.2 Å². The zero-order valence-corrected chi connectivity index (χ0v) is 13.6. The average molecular weight is 268 g/mol. The van der Waals surface area contributed by atoms with E-state index in [1.54, 1.807) is 0 Å². The van der Waals surface area contributed by atoms with Crippen LogP contribution >= 0.6 is 0 Å². The fourth-order valence-electron chi connectivity index (χ4n) is 3.01. The first-order valence-corrected chi connectivity index (χ1v) is 7.91. The highest BCUT2D eigenvalue weighted by molar-refractivity contribution is 5.84. The second-order valence-electron chi connectivity index (χ2n) is 6.94. The topological polar surface area (TPSA) is 32.3 Å². The third kappa shape index (κ3) is 4.79. The molecule has 0 aliphatic carbocycles. The summed E-state index contributed by atoms with van der Waals surface area (Å²) in [5, 5.41) is 3.44. The van der Waals surface area contributed by atoms with Crippen LogP contribution in [-0.4, -0.2) is 29.1 Å². The molecule has 1 fully saturated rings. The predicted octanol–water partition coefficient (Wildman–Crippen LogP) is 3.39. The smallest absolute Gasteiger partial charge is 0.241 e. The van der Waals surface area contributed by atoms with Crippen molar-refractivity contribution < 1.29 is 4.79 Å². The molecular formula is C16H32N2O. The van der Waals surface area contributed by atoms with E-state index >= 15 is 0 Å². The Morgan fingerprint density at radius 1 is 1.11 bits per heavy atom. The molecule has 0 radical (unpaired) electrons. The SMILES string of the molecule is CC(C)CCCC(C)N1C(=O)C(CC(C)C)NC1C. The molecule has 0 bridgehead atoms. The van der Waals surface area contributed by atoms with E-state index < -0.39 is 0 Å². The fourth-order valence-corrected chi connectivity index (χ4v) is 3.01. The lowest BCUT2D eigenvalue weighted by Gasteiger charge is -2.28. The Labute approximate surface area is 119 Å². The molecule has 0 spiro atoms. The lowest BCUT2D eigenvalue weighted by atomic mass is 10.0. The molecule has 3 heteroatoms. The van der Waals surface area contributed by atoms with Crippen molar-refractivity contribution in [1.29, 1.82) is 0 Å². The Kier molecular flexibility index (Phi) is 6.31. The van der Waals surface area contributed by atoms with Crippen molar-refractivity contribution in [2.45, 2.75) is 85.5 Å². The van der Waals surface area contributed by atoms with Gasteiger partial charge in [-0.15, -0.1) is 0 Å². The molecule has 3 nitrogen and oxygen atoms in total. The standard InChI is InChI=1S/C16H32N2O/c1-11(2)8-7-9-13(5)18-14(6)17-15(16(18)19)10-12(3)4/h11-15,17H,7-10H2,1-6H3. The van der Waals surface area contributed by atoms with Crippen LogP contribution in [0.15, 0.2) is 0 Å². The van der Waals surface area contributed by atoms with Gasteiger partial charge in [-0.25, -0.2) is 0 Å². The Bertz CT molecular complexity index is 288. The Hall–Kier alpha value is -0.570. The Morgan fingerprint density at radius 3 is 2.26 bits per heavy atom. The maximum absolute atomic E-state index is 12.5. The zero-order valence-electron chi connectivity index (χ0n) is 13.6. The quantitative estimate of drug-likeness (QED) is 0.767. The summed E-state index contributed by atoms with van der Waals surface area (Å²) < 4.78 is 0. The van der Waals surface area contributed by atoms with Crippen LogP contribution in [0.1, 0.15) is 67.2 Å². The minimum absolute atomic E-state index is 0.0301. The first-order chi connectivity index (χ1) is 8.82. The van der Waals surface area contributed by atoms with Crippen molar-refractivity contribution >= 4 is 5.91 Å². The fraction of sp³-hybridized carbons (Fsp3) is 0.938. The highest BCUT2D eigenvalue weighted by Crippen LogP contribution is 2.22. The van der Waals surface area contributed by atoms with Crippen molar-refractivity contribution in [1.82, 2.24) is 10.2 Å². The van der Waals surface area contributed by atoms with Gasteiger partial charge in [0.15, 0.2) is 0 Å². The van der Waals surface area contributed by atoms with E-state index in [1.807, 2.05) is 0 Å². The number of amides is 1. The minimum atomic E-state index is 0.0301. The molecule has 1 saturated heterocycles. The van der Waals surface area contributed by atoms with Crippen molar-refractivity contribution in [2.75, 3.05) is 0 Å². The molecule has 112 valence electrons. The van der Waals surface area contributed by atoms with Gasteiger partial charge in [-0.05, 0) is 38.5 Å². The molecule has 1 amide bonds. The average Bonchev–Trinajstić information content (AvgIpc) is 2.52. The highest BCUT2D eigenvalue weighted by Gasteiger charge is 2.38.